The van der Waals surface area contributed by atoms with Gasteiger partial charge in [-0.15, -0.1) is 5.10 Å². The zero-order valence-corrected chi connectivity index (χ0v) is 8.01. The van der Waals surface area contributed by atoms with E-state index in [1.54, 1.807) is 12.1 Å². The van der Waals surface area contributed by atoms with Gasteiger partial charge >= 0.3 is 5.97 Å². The summed E-state index contributed by atoms with van der Waals surface area (Å²) in [5.41, 5.74) is -0.962. The van der Waals surface area contributed by atoms with Crippen LogP contribution in [-0.2, 0) is 0 Å². The van der Waals surface area contributed by atoms with Crippen LogP contribution in [0.5, 0.6) is 0 Å². The first-order valence-corrected chi connectivity index (χ1v) is 4.41. The highest BCUT2D eigenvalue weighted by Gasteiger charge is 2.15. The predicted molar refractivity (Wildman–Crippen MR) is 54.9 cm³/mol. The van der Waals surface area contributed by atoms with E-state index >= 15 is 0 Å². The fourth-order valence-electron chi connectivity index (χ4n) is 1.40. The molecule has 0 bridgehead atoms. The SMILES string of the molecule is O=C(O)c1c[n+](=O)[nH]c2ccccc2c1=O. The topological polar surface area (TPSA) is 93.1 Å². The van der Waals surface area contributed by atoms with Gasteiger partial charge in [0.15, 0.2) is 10.1 Å². The third-order valence-electron chi connectivity index (χ3n) is 2.12. The van der Waals surface area contributed by atoms with E-state index in [2.05, 4.69) is 5.10 Å². The molecule has 1 heterocycles. The molecule has 2 rings (SSSR count). The number of hydrogen-bond acceptors (Lipinski definition) is 3. The zero-order valence-electron chi connectivity index (χ0n) is 8.01. The van der Waals surface area contributed by atoms with Gasteiger partial charge in [0.25, 0.3) is 6.20 Å². The molecule has 0 aliphatic rings. The van der Waals surface area contributed by atoms with E-state index in [-0.39, 0.29) is 15.4 Å². The molecule has 0 amide bonds. The highest BCUT2D eigenvalue weighted by Crippen LogP contribution is 2.03. The molecular formula is C10H7N2O4+. The monoisotopic (exact) mass is 219 g/mol. The van der Waals surface area contributed by atoms with Crippen LogP contribution in [0, 0.1) is 4.91 Å². The zero-order chi connectivity index (χ0) is 11.7. The average Bonchev–Trinajstić information content (AvgIpc) is 2.37. The number of aromatic nitrogens is 2. The molecule has 2 N–H and O–H groups in total. The minimum Gasteiger partial charge on any atom is -0.477 e. The van der Waals surface area contributed by atoms with Gasteiger partial charge in [0.1, 0.15) is 5.52 Å². The van der Waals surface area contributed by atoms with Crippen LogP contribution in [0.25, 0.3) is 10.9 Å². The minimum atomic E-state index is -1.43. The van der Waals surface area contributed by atoms with E-state index in [0.717, 1.165) is 0 Å². The predicted octanol–water partition coefficient (Wildman–Crippen LogP) is 0.141. The summed E-state index contributed by atoms with van der Waals surface area (Å²) in [4.78, 5) is 33.8. The third kappa shape index (κ3) is 1.56. The summed E-state index contributed by atoms with van der Waals surface area (Å²) in [5, 5.41) is 11.3. The molecule has 6 nitrogen and oxygen atoms in total. The smallest absolute Gasteiger partial charge is 0.346 e. The Balaban J connectivity index is 3.10. The number of aromatic carboxylic acids is 1. The lowest BCUT2D eigenvalue weighted by molar-refractivity contribution is -0.560. The maximum atomic E-state index is 11.8. The van der Waals surface area contributed by atoms with Crippen molar-refractivity contribution in [3.8, 4) is 0 Å². The van der Waals surface area contributed by atoms with E-state index in [9.17, 15) is 14.5 Å². The van der Waals surface area contributed by atoms with Gasteiger partial charge in [0, 0.05) is 0 Å². The Morgan fingerprint density at radius 1 is 1.31 bits per heavy atom. The van der Waals surface area contributed by atoms with Gasteiger partial charge < -0.3 is 5.11 Å². The normalized spacial score (nSPS) is 10.2. The van der Waals surface area contributed by atoms with Crippen LogP contribution in [0.4, 0.5) is 0 Å². The van der Waals surface area contributed by atoms with Crippen molar-refractivity contribution >= 4 is 16.9 Å². The molecular weight excluding hydrogens is 212 g/mol. The number of carboxylic acid groups (broad SMARTS) is 1. The van der Waals surface area contributed by atoms with Gasteiger partial charge in [0.2, 0.25) is 5.43 Å². The molecule has 0 radical (unpaired) electrons. The second-order valence-corrected chi connectivity index (χ2v) is 3.16. The van der Waals surface area contributed by atoms with Crippen LogP contribution in [0.3, 0.4) is 0 Å². The number of nitrogens with one attached hydrogen (secondary N) is 1. The summed E-state index contributed by atoms with van der Waals surface area (Å²) in [5.74, 6) is -1.43. The van der Waals surface area contributed by atoms with Gasteiger partial charge in [0.05, 0.1) is 10.3 Å². The Morgan fingerprint density at radius 3 is 2.69 bits per heavy atom. The molecule has 2 aromatic rings. The lowest BCUT2D eigenvalue weighted by Gasteiger charge is -1.86. The Bertz CT molecular complexity index is 690. The molecule has 16 heavy (non-hydrogen) atoms. The van der Waals surface area contributed by atoms with E-state index in [4.69, 9.17) is 5.11 Å². The van der Waals surface area contributed by atoms with Crippen molar-refractivity contribution in [2.45, 2.75) is 0 Å². The maximum absolute atomic E-state index is 11.8. The molecule has 0 aliphatic carbocycles. The average molecular weight is 219 g/mol. The quantitative estimate of drug-likeness (QED) is 0.667. The number of carbonyl (C=O) groups is 1. The van der Waals surface area contributed by atoms with Gasteiger partial charge in [-0.25, -0.2) is 4.79 Å². The number of fused-ring (bicyclic) bond motifs is 1. The van der Waals surface area contributed by atoms with Crippen molar-refractivity contribution < 1.29 is 14.4 Å². The third-order valence-corrected chi connectivity index (χ3v) is 2.12. The number of rotatable bonds is 1. The van der Waals surface area contributed by atoms with Crippen LogP contribution >= 0.6 is 0 Å². The number of carboxylic acids is 1. The molecule has 0 fully saturated rings. The molecule has 80 valence electrons. The van der Waals surface area contributed by atoms with Crippen molar-refractivity contribution in [3.05, 3.63) is 51.2 Å². The van der Waals surface area contributed by atoms with E-state index in [1.165, 1.54) is 12.1 Å². The number of H-pyrrole nitrogens is 1. The number of hydrogen-bond donors (Lipinski definition) is 2. The van der Waals surface area contributed by atoms with Crippen molar-refractivity contribution in [1.82, 2.24) is 5.10 Å². The largest absolute Gasteiger partial charge is 0.477 e. The first-order chi connectivity index (χ1) is 7.59. The summed E-state index contributed by atoms with van der Waals surface area (Å²) < 4.78 is 0.202. The summed E-state index contributed by atoms with van der Waals surface area (Å²) in [6.45, 7) is 0. The number of benzene rings is 1. The molecule has 6 heteroatoms. The molecule has 0 saturated heterocycles. The van der Waals surface area contributed by atoms with Crippen molar-refractivity contribution in [3.63, 3.8) is 0 Å². The Morgan fingerprint density at radius 2 is 2.00 bits per heavy atom. The summed E-state index contributed by atoms with van der Waals surface area (Å²) >= 11 is 0. The highest BCUT2D eigenvalue weighted by molar-refractivity contribution is 5.90. The van der Waals surface area contributed by atoms with Crippen molar-refractivity contribution in [1.29, 1.82) is 0 Å². The first-order valence-electron chi connectivity index (χ1n) is 4.41. The molecule has 0 unspecified atom stereocenters. The fourth-order valence-corrected chi connectivity index (χ4v) is 1.40. The molecule has 1 aromatic carbocycles. The van der Waals surface area contributed by atoms with Crippen LogP contribution < -0.4 is 9.97 Å². The summed E-state index contributed by atoms with van der Waals surface area (Å²) in [6.07, 6.45) is 0.713. The van der Waals surface area contributed by atoms with Crippen LogP contribution in [0.15, 0.2) is 35.3 Å². The standard InChI is InChI=1S/C10H6N2O4/c13-9-6-3-1-2-4-8(6)11-12(16)5-7(9)10(14)15/h1-5H,(H-,11,13,14,15,16)/p+1. The maximum Gasteiger partial charge on any atom is 0.346 e. The van der Waals surface area contributed by atoms with E-state index in [1.807, 2.05) is 0 Å². The van der Waals surface area contributed by atoms with Crippen LogP contribution in [-0.4, -0.2) is 16.2 Å². The minimum absolute atomic E-state index is 0.162. The molecule has 0 saturated carbocycles. The first kappa shape index (κ1) is 10.0. The fraction of sp³-hybridized carbons (Fsp3) is 0. The van der Waals surface area contributed by atoms with Gasteiger partial charge in [-0.05, 0) is 12.1 Å². The Kier molecular flexibility index (Phi) is 2.24. The second kappa shape index (κ2) is 3.58. The van der Waals surface area contributed by atoms with E-state index < -0.39 is 17.0 Å². The van der Waals surface area contributed by atoms with Crippen molar-refractivity contribution in [2.24, 2.45) is 0 Å². The molecule has 0 aliphatic heterocycles. The molecule has 0 spiro atoms. The van der Waals surface area contributed by atoms with Gasteiger partial charge in [-0.1, -0.05) is 12.1 Å². The Hall–Kier alpha value is -2.50. The second-order valence-electron chi connectivity index (χ2n) is 3.16. The van der Waals surface area contributed by atoms with Crippen LogP contribution in [0.2, 0.25) is 0 Å². The highest BCUT2D eigenvalue weighted by atomic mass is 16.4. The van der Waals surface area contributed by atoms with Gasteiger partial charge in [-0.3, -0.25) is 4.79 Å². The summed E-state index contributed by atoms with van der Waals surface area (Å²) in [6, 6.07) is 6.22. The lowest BCUT2D eigenvalue weighted by Crippen LogP contribution is -2.19. The van der Waals surface area contributed by atoms with E-state index in [0.29, 0.717) is 6.20 Å². The summed E-state index contributed by atoms with van der Waals surface area (Å²) in [7, 11) is 0. The van der Waals surface area contributed by atoms with Gasteiger partial charge in [-0.2, -0.15) is 0 Å². The van der Waals surface area contributed by atoms with Crippen LogP contribution in [0.1, 0.15) is 10.4 Å². The number of aromatic amines is 1. The van der Waals surface area contributed by atoms with Crippen molar-refractivity contribution in [2.75, 3.05) is 0 Å². The Labute approximate surface area is 88.4 Å². The number of para-hydroxylation sites is 1. The lowest BCUT2D eigenvalue weighted by atomic mass is 10.2. The number of nitrogens with zero attached hydrogens (tertiary/aromatic N) is 1. The molecule has 0 atom stereocenters. The molecule has 1 aromatic heterocycles.